The van der Waals surface area contributed by atoms with Crippen LogP contribution in [0.1, 0.15) is 83.4 Å². The van der Waals surface area contributed by atoms with Gasteiger partial charge < -0.3 is 46.7 Å². The number of hydrogen-bond donors (Lipinski definition) is 3. The van der Waals surface area contributed by atoms with E-state index < -0.39 is 6.10 Å². The number of aliphatic hydroxyl groups is 1. The van der Waals surface area contributed by atoms with Crippen molar-refractivity contribution in [3.8, 4) is 34.5 Å². The first-order chi connectivity index (χ1) is 40.0. The van der Waals surface area contributed by atoms with Crippen LogP contribution < -0.4 is 48.8 Å². The fourth-order valence-corrected chi connectivity index (χ4v) is 11.1. The van der Waals surface area contributed by atoms with Crippen molar-refractivity contribution in [1.29, 1.82) is 0 Å². The van der Waals surface area contributed by atoms with Crippen LogP contribution in [0.5, 0.6) is 11.8 Å². The number of ether oxygens (including phenoxy) is 3. The third-order valence-corrected chi connectivity index (χ3v) is 15.5. The molecular weight excluding hydrogens is 1140 g/mol. The molecule has 17 nitrogen and oxygen atoms in total. The average molecular weight is 1220 g/mol. The van der Waals surface area contributed by atoms with Crippen molar-refractivity contribution < 1.29 is 43.0 Å². The molecule has 0 spiro atoms. The van der Waals surface area contributed by atoms with Gasteiger partial charge in [0.25, 0.3) is 0 Å². The van der Waals surface area contributed by atoms with Crippen LogP contribution in [0.4, 0.5) is 11.9 Å². The number of thiophene rings is 2. The van der Waals surface area contributed by atoms with Gasteiger partial charge in [-0.3, -0.25) is 4.79 Å². The molecular formula is C62H76BrLiN12O5S2. The van der Waals surface area contributed by atoms with E-state index in [4.69, 9.17) is 54.1 Å². The molecule has 0 radical (unpaired) electrons. The molecule has 0 saturated carbocycles. The number of carbonyl (C=O) groups excluding carboxylic acids is 1. The molecule has 8 aromatic rings. The Balaban J connectivity index is 0.000000210. The number of benzene rings is 2. The van der Waals surface area contributed by atoms with E-state index in [2.05, 4.69) is 50.2 Å². The SMILES string of the molecule is C/C=C/C=C/C(O)c1ccc(-c2nc(C)c3c(n2)sc2c(OCC)nc(N4CCNCC4)nc23)cc1.C/C=C/C=C/C=O.C1CCOC1.CCOc1nc(N2CCNCC2)nc2c1sc1nc(-c3ccc(Br)cc3)nc(C)c12.[CH2-]CCC.[Li+]. The van der Waals surface area contributed by atoms with Crippen LogP contribution >= 0.6 is 38.6 Å². The Bertz CT molecular complexity index is 3420. The van der Waals surface area contributed by atoms with Crippen LogP contribution in [0, 0.1) is 20.8 Å². The first kappa shape index (κ1) is 66.1. The average Bonchev–Trinajstić information content (AvgIpc) is 4.41. The summed E-state index contributed by atoms with van der Waals surface area (Å²) >= 11 is 6.59. The molecule has 3 saturated heterocycles. The van der Waals surface area contributed by atoms with Crippen LogP contribution in [0.15, 0.2) is 102 Å². The van der Waals surface area contributed by atoms with E-state index >= 15 is 0 Å². The van der Waals surface area contributed by atoms with Gasteiger partial charge in [-0.15, -0.1) is 22.7 Å². The summed E-state index contributed by atoms with van der Waals surface area (Å²) in [6, 6.07) is 15.8. The van der Waals surface area contributed by atoms with E-state index in [1.54, 1.807) is 29.6 Å². The zero-order valence-electron chi connectivity index (χ0n) is 49.2. The van der Waals surface area contributed by atoms with E-state index in [1.165, 1.54) is 36.7 Å². The Morgan fingerprint density at radius 3 is 1.51 bits per heavy atom. The minimum absolute atomic E-state index is 0. The van der Waals surface area contributed by atoms with Gasteiger partial charge in [-0.1, -0.05) is 108 Å². The fourth-order valence-electron chi connectivity index (χ4n) is 8.63. The summed E-state index contributed by atoms with van der Waals surface area (Å²) in [5.41, 5.74) is 6.20. The zero-order valence-corrected chi connectivity index (χ0v) is 52.4. The predicted molar refractivity (Wildman–Crippen MR) is 341 cm³/mol. The van der Waals surface area contributed by atoms with E-state index in [-0.39, 0.29) is 18.9 Å². The molecule has 0 bridgehead atoms. The maximum Gasteiger partial charge on any atom is 1.00 e. The summed E-state index contributed by atoms with van der Waals surface area (Å²) in [6.45, 7) is 27.7. The van der Waals surface area contributed by atoms with Crippen molar-refractivity contribution in [3.63, 3.8) is 0 Å². The number of allylic oxidation sites excluding steroid dienone is 7. The number of nitrogens with one attached hydrogen (secondary N) is 2. The van der Waals surface area contributed by atoms with Crippen LogP contribution in [0.25, 0.3) is 63.6 Å². The monoisotopic (exact) mass is 1220 g/mol. The van der Waals surface area contributed by atoms with Crippen molar-refractivity contribution in [2.75, 3.05) is 88.6 Å². The molecule has 0 aliphatic carbocycles. The van der Waals surface area contributed by atoms with Gasteiger partial charge in [-0.25, -0.2) is 29.9 Å². The van der Waals surface area contributed by atoms with E-state index in [0.29, 0.717) is 48.5 Å². The van der Waals surface area contributed by atoms with Gasteiger partial charge in [0.05, 0.1) is 41.5 Å². The molecule has 3 aliphatic rings. The number of unbranched alkanes of at least 4 members (excludes halogenated alkanes) is 1. The number of halogens is 1. The first-order valence-corrected chi connectivity index (χ1v) is 30.6. The topological polar surface area (TPSA) is 199 Å². The van der Waals surface area contributed by atoms with Gasteiger partial charge in [-0.05, 0) is 78.2 Å². The first-order valence-electron chi connectivity index (χ1n) is 28.1. The van der Waals surface area contributed by atoms with Crippen molar-refractivity contribution in [3.05, 3.63) is 125 Å². The second-order valence-corrected chi connectivity index (χ2v) is 21.8. The normalized spacial score (nSPS) is 14.7. The molecule has 11 rings (SSSR count). The van der Waals surface area contributed by atoms with Crippen molar-refractivity contribution >= 4 is 97.7 Å². The Morgan fingerprint density at radius 2 is 1.11 bits per heavy atom. The number of anilines is 2. The molecule has 6 aromatic heterocycles. The number of carbonyl (C=O) groups is 1. The third-order valence-electron chi connectivity index (χ3n) is 12.9. The van der Waals surface area contributed by atoms with Crippen LogP contribution in [0.3, 0.4) is 0 Å². The summed E-state index contributed by atoms with van der Waals surface area (Å²) in [4.78, 5) is 54.5. The minimum Gasteiger partial charge on any atom is -0.477 e. The fraction of sp³-hybridized carbons (Fsp3) is 0.387. The standard InChI is InChI=1S/C27H30N6O2S.C21H21BrN6OS.C6H8O.C4H8O.C4H9.Li/c1-4-6-7-8-20(34)18-9-11-19(12-10-18)24-29-17(3)21-22-23(36-26(21)31-24)25(35-5-2)32-27(30-22)33-15-13-28-14-16-33;1-3-29-19-17-16(25-21(27-19)28-10-8-23-9-11-28)15-12(2)24-18(26-20(15)30-17)13-4-6-14(22)7-5-13;1-2-3-4-5-6-7;1-2-4-5-3-1;1-3-4-2;/h4,6-12,20,28,34H,5,13-16H2,1-3H3;4-7,23H,3,8-11H2,1-2H3;2-6H,1H3;1-4H2;1,3-4H2,2H3;/q;;;;-1;+1/b6-4+,8-7+;;3-2+,5-4+;;;. The predicted octanol–water partition coefficient (Wildman–Crippen LogP) is 9.50. The number of piperazine rings is 2. The Kier molecular flexibility index (Phi) is 27.6. The summed E-state index contributed by atoms with van der Waals surface area (Å²) in [6.07, 6.45) is 19.1. The molecule has 21 heteroatoms. The van der Waals surface area contributed by atoms with Crippen molar-refractivity contribution in [2.24, 2.45) is 0 Å². The molecule has 2 aromatic carbocycles. The molecule has 0 amide bonds. The molecule has 1 atom stereocenters. The minimum atomic E-state index is -0.663. The summed E-state index contributed by atoms with van der Waals surface area (Å²) in [5, 5.41) is 19.0. The zero-order chi connectivity index (χ0) is 58.2. The van der Waals surface area contributed by atoms with E-state index in [0.717, 1.165) is 152 Å². The second kappa shape index (κ2) is 34.7. The van der Waals surface area contributed by atoms with Crippen LogP contribution in [0.2, 0.25) is 0 Å². The number of rotatable bonds is 14. The number of fused-ring (bicyclic) bond motifs is 6. The maximum atomic E-state index is 10.4. The van der Waals surface area contributed by atoms with Gasteiger partial charge in [0.2, 0.25) is 23.7 Å². The van der Waals surface area contributed by atoms with Gasteiger partial charge in [0, 0.05) is 81.2 Å². The van der Waals surface area contributed by atoms with E-state index in [9.17, 15) is 9.90 Å². The Morgan fingerprint density at radius 1 is 0.663 bits per heavy atom. The van der Waals surface area contributed by atoms with Crippen molar-refractivity contribution in [2.45, 2.75) is 80.3 Å². The quantitative estimate of drug-likeness (QED) is 0.0305. The van der Waals surface area contributed by atoms with Crippen molar-refractivity contribution in [1.82, 2.24) is 50.5 Å². The Labute approximate surface area is 516 Å². The van der Waals surface area contributed by atoms with Gasteiger partial charge in [0.15, 0.2) is 11.6 Å². The molecule has 83 heavy (non-hydrogen) atoms. The third kappa shape index (κ3) is 18.2. The number of aromatic nitrogens is 8. The largest absolute Gasteiger partial charge is 1.00 e. The maximum absolute atomic E-state index is 10.4. The second-order valence-electron chi connectivity index (χ2n) is 18.9. The number of nitrogens with zero attached hydrogens (tertiary/aromatic N) is 10. The van der Waals surface area contributed by atoms with Gasteiger partial charge >= 0.3 is 18.9 Å². The van der Waals surface area contributed by atoms with Gasteiger partial charge in [-0.2, -0.15) is 16.4 Å². The molecule has 3 aliphatic heterocycles. The number of aldehydes is 1. The van der Waals surface area contributed by atoms with Crippen LogP contribution in [-0.2, 0) is 9.53 Å². The number of aryl methyl sites for hydroxylation is 2. The van der Waals surface area contributed by atoms with Gasteiger partial charge in [0.1, 0.15) is 36.4 Å². The molecule has 3 N–H and O–H groups in total. The number of hydrogen-bond acceptors (Lipinski definition) is 19. The smallest absolute Gasteiger partial charge is 0.477 e. The number of aliphatic hydroxyl groups excluding tert-OH is 1. The molecule has 434 valence electrons. The molecule has 9 heterocycles. The molecule has 1 unspecified atom stereocenters. The molecule has 3 fully saturated rings. The Hall–Kier alpha value is -6.05. The summed E-state index contributed by atoms with van der Waals surface area (Å²) in [7, 11) is 0. The summed E-state index contributed by atoms with van der Waals surface area (Å²) in [5.74, 6) is 3.99. The van der Waals surface area contributed by atoms with Crippen LogP contribution in [-0.4, -0.2) is 130 Å². The van der Waals surface area contributed by atoms with E-state index in [1.807, 2.05) is 114 Å². The summed E-state index contributed by atoms with van der Waals surface area (Å²) < 4.78 is 19.6.